The second-order valence-electron chi connectivity index (χ2n) is 7.01. The molecule has 0 aromatic heterocycles. The zero-order valence-electron chi connectivity index (χ0n) is 18.3. The second kappa shape index (κ2) is 12.4. The molecule has 0 aliphatic carbocycles. The molecule has 0 spiro atoms. The van der Waals surface area contributed by atoms with E-state index in [1.54, 1.807) is 66.4 Å². The fourth-order valence-electron chi connectivity index (χ4n) is 3.00. The predicted octanol–water partition coefficient (Wildman–Crippen LogP) is 5.66. The molecule has 0 radical (unpaired) electrons. The summed E-state index contributed by atoms with van der Waals surface area (Å²) in [4.78, 5) is 26.2. The van der Waals surface area contributed by atoms with Gasteiger partial charge in [0, 0.05) is 21.3 Å². The van der Waals surface area contributed by atoms with Crippen LogP contribution in [0.15, 0.2) is 72.8 Å². The molecule has 0 heterocycles. The first-order valence-corrected chi connectivity index (χ1v) is 11.5. The summed E-state index contributed by atoms with van der Waals surface area (Å²) in [5.41, 5.74) is 1.66. The highest BCUT2D eigenvalue weighted by Crippen LogP contribution is 2.28. The van der Waals surface area contributed by atoms with Crippen molar-refractivity contribution in [3.63, 3.8) is 0 Å². The lowest BCUT2D eigenvalue weighted by Crippen LogP contribution is -2.44. The van der Waals surface area contributed by atoms with Crippen molar-refractivity contribution in [2.45, 2.75) is 13.5 Å². The lowest BCUT2D eigenvalue weighted by molar-refractivity contribution is -0.121. The van der Waals surface area contributed by atoms with Crippen molar-refractivity contribution in [1.82, 2.24) is 5.32 Å². The van der Waals surface area contributed by atoms with E-state index in [4.69, 9.17) is 44.9 Å². The van der Waals surface area contributed by atoms with E-state index in [1.807, 2.05) is 18.2 Å². The van der Waals surface area contributed by atoms with E-state index in [0.29, 0.717) is 32.6 Å². The minimum atomic E-state index is -0.427. The summed E-state index contributed by atoms with van der Waals surface area (Å²) in [5, 5.41) is 3.73. The minimum Gasteiger partial charge on any atom is -0.484 e. The Morgan fingerprint density at radius 2 is 1.59 bits per heavy atom. The van der Waals surface area contributed by atoms with Crippen molar-refractivity contribution in [3.05, 3.63) is 94.0 Å². The van der Waals surface area contributed by atoms with Gasteiger partial charge in [-0.25, -0.2) is 4.79 Å². The highest BCUT2D eigenvalue weighted by Gasteiger charge is 2.19. The Kier molecular flexibility index (Phi) is 9.27. The van der Waals surface area contributed by atoms with Gasteiger partial charge in [0.1, 0.15) is 5.75 Å². The van der Waals surface area contributed by atoms with Crippen LogP contribution in [0.2, 0.25) is 10.0 Å². The molecule has 6 nitrogen and oxygen atoms in total. The van der Waals surface area contributed by atoms with Gasteiger partial charge in [0.05, 0.1) is 18.7 Å². The number of hydrogen-bond donors (Lipinski definition) is 1. The number of nitrogens with zero attached hydrogens (tertiary/aromatic N) is 1. The van der Waals surface area contributed by atoms with Crippen LogP contribution in [-0.4, -0.2) is 30.2 Å². The lowest BCUT2D eigenvalue weighted by atomic mass is 10.1. The summed E-state index contributed by atoms with van der Waals surface area (Å²) in [5.74, 6) is -0.284. The van der Waals surface area contributed by atoms with E-state index < -0.39 is 11.9 Å². The van der Waals surface area contributed by atoms with E-state index in [-0.39, 0.29) is 24.9 Å². The first kappa shape index (κ1) is 25.5. The number of nitrogens with one attached hydrogen (secondary N) is 1. The quantitative estimate of drug-likeness (QED) is 0.308. The topological polar surface area (TPSA) is 67.9 Å². The Balaban J connectivity index is 1.80. The molecule has 0 unspecified atom stereocenters. The number of anilines is 1. The third-order valence-corrected chi connectivity index (χ3v) is 5.70. The highest BCUT2D eigenvalue weighted by atomic mass is 35.5. The van der Waals surface area contributed by atoms with Gasteiger partial charge in [-0.15, -0.1) is 0 Å². The number of thiocarbonyl (C=S) groups is 1. The molecule has 0 bridgehead atoms. The van der Waals surface area contributed by atoms with Gasteiger partial charge in [0.2, 0.25) is 0 Å². The van der Waals surface area contributed by atoms with Crippen LogP contribution in [0.3, 0.4) is 0 Å². The molecule has 176 valence electrons. The maximum atomic E-state index is 12.5. The molecule has 3 aromatic rings. The Bertz CT molecular complexity index is 1140. The van der Waals surface area contributed by atoms with Crippen LogP contribution in [0.5, 0.6) is 5.75 Å². The van der Waals surface area contributed by atoms with Crippen LogP contribution in [0, 0.1) is 0 Å². The first-order chi connectivity index (χ1) is 16.4. The van der Waals surface area contributed by atoms with Crippen molar-refractivity contribution in [1.29, 1.82) is 0 Å². The van der Waals surface area contributed by atoms with Gasteiger partial charge < -0.3 is 14.4 Å². The molecule has 1 amide bonds. The Hall–Kier alpha value is -3.13. The molecule has 34 heavy (non-hydrogen) atoms. The molecule has 0 saturated heterocycles. The second-order valence-corrected chi connectivity index (χ2v) is 8.21. The number of carbonyl (C=O) groups excluding carboxylic acids is 2. The number of benzene rings is 3. The van der Waals surface area contributed by atoms with E-state index in [1.165, 1.54) is 0 Å². The average Bonchev–Trinajstić information content (AvgIpc) is 2.83. The minimum absolute atomic E-state index is 0.126. The number of amides is 1. The van der Waals surface area contributed by atoms with Crippen LogP contribution >= 0.6 is 35.4 Å². The summed E-state index contributed by atoms with van der Waals surface area (Å²) in [6.07, 6.45) is 0. The van der Waals surface area contributed by atoms with E-state index in [0.717, 1.165) is 0 Å². The van der Waals surface area contributed by atoms with Crippen molar-refractivity contribution in [2.75, 3.05) is 18.1 Å². The van der Waals surface area contributed by atoms with E-state index in [9.17, 15) is 9.59 Å². The monoisotopic (exact) mass is 516 g/mol. The van der Waals surface area contributed by atoms with Crippen LogP contribution in [-0.2, 0) is 16.1 Å². The molecule has 0 aliphatic heterocycles. The lowest BCUT2D eigenvalue weighted by Gasteiger charge is -2.26. The van der Waals surface area contributed by atoms with Gasteiger partial charge in [0.25, 0.3) is 5.91 Å². The summed E-state index contributed by atoms with van der Waals surface area (Å²) in [6.45, 7) is 1.99. The molecular formula is C25H22Cl2N2O4S. The number of halogens is 2. The van der Waals surface area contributed by atoms with Crippen LogP contribution in [0.25, 0.3) is 0 Å². The predicted molar refractivity (Wildman–Crippen MR) is 138 cm³/mol. The zero-order valence-corrected chi connectivity index (χ0v) is 20.6. The van der Waals surface area contributed by atoms with Gasteiger partial charge in [0.15, 0.2) is 11.7 Å². The number of para-hydroxylation sites is 1. The molecule has 3 rings (SSSR count). The normalized spacial score (nSPS) is 10.3. The number of rotatable bonds is 8. The first-order valence-electron chi connectivity index (χ1n) is 10.4. The third kappa shape index (κ3) is 6.93. The van der Waals surface area contributed by atoms with Crippen LogP contribution in [0.1, 0.15) is 22.8 Å². The van der Waals surface area contributed by atoms with E-state index >= 15 is 0 Å². The Labute approximate surface area is 213 Å². The van der Waals surface area contributed by atoms with Gasteiger partial charge in [-0.1, -0.05) is 47.5 Å². The third-order valence-electron chi connectivity index (χ3n) is 4.67. The molecular weight excluding hydrogens is 495 g/mol. The van der Waals surface area contributed by atoms with Crippen molar-refractivity contribution in [3.8, 4) is 5.75 Å². The van der Waals surface area contributed by atoms with Crippen LogP contribution in [0.4, 0.5) is 5.69 Å². The number of hydrogen-bond acceptors (Lipinski definition) is 5. The maximum Gasteiger partial charge on any atom is 0.338 e. The molecule has 0 saturated carbocycles. The van der Waals surface area contributed by atoms with E-state index in [2.05, 4.69) is 5.32 Å². The molecule has 9 heteroatoms. The van der Waals surface area contributed by atoms with Crippen molar-refractivity contribution in [2.24, 2.45) is 0 Å². The fraction of sp³-hybridized carbons (Fsp3) is 0.160. The molecule has 3 aromatic carbocycles. The highest BCUT2D eigenvalue weighted by molar-refractivity contribution is 7.80. The van der Waals surface area contributed by atoms with Crippen molar-refractivity contribution >= 4 is 58.1 Å². The molecule has 0 fully saturated rings. The number of ether oxygens (including phenoxy) is 2. The number of carbonyl (C=O) groups is 2. The molecule has 1 N–H and O–H groups in total. The largest absolute Gasteiger partial charge is 0.484 e. The van der Waals surface area contributed by atoms with Crippen LogP contribution < -0.4 is 15.0 Å². The van der Waals surface area contributed by atoms with Gasteiger partial charge in [-0.2, -0.15) is 0 Å². The van der Waals surface area contributed by atoms with Gasteiger partial charge >= 0.3 is 5.97 Å². The summed E-state index contributed by atoms with van der Waals surface area (Å²) in [7, 11) is 0. The zero-order chi connectivity index (χ0) is 24.5. The maximum absolute atomic E-state index is 12.5. The SMILES string of the molecule is CCOC(=O)c1ccc(N(Cc2c(Cl)cccc2Cl)C(=S)NC(=O)COc2ccccc2)cc1. The Morgan fingerprint density at radius 3 is 2.21 bits per heavy atom. The standard InChI is InChI=1S/C25H22Cl2N2O4S/c1-2-32-24(31)17-11-13-18(14-12-17)29(15-20-21(26)9-6-10-22(20)27)25(34)28-23(30)16-33-19-7-4-3-5-8-19/h3-14H,2,15-16H2,1H3,(H,28,30,34). The Morgan fingerprint density at radius 1 is 0.941 bits per heavy atom. The van der Waals surface area contributed by atoms with Gasteiger partial charge in [-0.05, 0) is 67.7 Å². The molecule has 0 atom stereocenters. The fourth-order valence-corrected chi connectivity index (χ4v) is 3.80. The summed E-state index contributed by atoms with van der Waals surface area (Å²) < 4.78 is 10.5. The summed E-state index contributed by atoms with van der Waals surface area (Å²) in [6, 6.07) is 20.8. The summed E-state index contributed by atoms with van der Waals surface area (Å²) >= 11 is 18.3. The smallest absolute Gasteiger partial charge is 0.338 e. The van der Waals surface area contributed by atoms with Gasteiger partial charge in [-0.3, -0.25) is 10.1 Å². The average molecular weight is 517 g/mol. The number of esters is 1. The molecule has 0 aliphatic rings. The van der Waals surface area contributed by atoms with Crippen molar-refractivity contribution < 1.29 is 19.1 Å².